The molecule has 1 aliphatic heterocycles. The fourth-order valence-corrected chi connectivity index (χ4v) is 0.844. The summed E-state index contributed by atoms with van der Waals surface area (Å²) in [5.74, 6) is -0.559. The molecule has 1 atom stereocenters. The molecule has 0 spiro atoms. The molecule has 0 radical (unpaired) electrons. The third-order valence-corrected chi connectivity index (χ3v) is 1.51. The third-order valence-electron chi connectivity index (χ3n) is 1.51. The Hall–Kier alpha value is -1.10. The van der Waals surface area contributed by atoms with Gasteiger partial charge in [0.05, 0.1) is 12.5 Å². The lowest BCUT2D eigenvalue weighted by molar-refractivity contribution is -0.114. The van der Waals surface area contributed by atoms with Gasteiger partial charge in [0.1, 0.15) is 6.61 Å². The maximum absolute atomic E-state index is 11.0. The Labute approximate surface area is 64.0 Å². The van der Waals surface area contributed by atoms with E-state index in [1.54, 1.807) is 0 Å². The van der Waals surface area contributed by atoms with Crippen LogP contribution in [0.5, 0.6) is 0 Å². The molecule has 0 fully saturated rings. The van der Waals surface area contributed by atoms with Gasteiger partial charge >= 0.3 is 0 Å². The van der Waals surface area contributed by atoms with E-state index >= 15 is 0 Å². The predicted octanol–water partition coefficient (Wildman–Crippen LogP) is -1.27. The van der Waals surface area contributed by atoms with Gasteiger partial charge in [-0.1, -0.05) is 5.16 Å². The van der Waals surface area contributed by atoms with E-state index in [4.69, 9.17) is 5.11 Å². The molecular weight excluding hydrogens is 148 g/mol. The van der Waals surface area contributed by atoms with Crippen molar-refractivity contribution < 1.29 is 14.7 Å². The topological polar surface area (TPSA) is 70.9 Å². The van der Waals surface area contributed by atoms with Crippen LogP contribution >= 0.6 is 0 Å². The molecule has 62 valence electrons. The van der Waals surface area contributed by atoms with Crippen LogP contribution in [0.3, 0.4) is 0 Å². The van der Waals surface area contributed by atoms with Crippen LogP contribution < -0.4 is 5.32 Å². The second kappa shape index (κ2) is 3.34. The summed E-state index contributed by atoms with van der Waals surface area (Å²) in [5.41, 5.74) is 0.273. The van der Waals surface area contributed by atoms with Gasteiger partial charge in [0.15, 0.2) is 5.71 Å². The first-order valence-corrected chi connectivity index (χ1v) is 3.32. The minimum absolute atomic E-state index is 0.105. The lowest BCUT2D eigenvalue weighted by Gasteiger charge is -2.03. The van der Waals surface area contributed by atoms with Crippen LogP contribution in [-0.4, -0.2) is 37.0 Å². The molecule has 0 aromatic carbocycles. The number of aliphatic hydroxyl groups is 1. The maximum atomic E-state index is 11.0. The SMILES string of the molecule is CNC(=O)C1=NOCC1CO. The lowest BCUT2D eigenvalue weighted by Crippen LogP contribution is -2.33. The van der Waals surface area contributed by atoms with Gasteiger partial charge < -0.3 is 15.3 Å². The number of nitrogens with zero attached hydrogens (tertiary/aromatic N) is 1. The van der Waals surface area contributed by atoms with Crippen molar-refractivity contribution in [3.8, 4) is 0 Å². The Morgan fingerprint density at radius 1 is 2.00 bits per heavy atom. The highest BCUT2D eigenvalue weighted by Crippen LogP contribution is 2.08. The maximum Gasteiger partial charge on any atom is 0.269 e. The van der Waals surface area contributed by atoms with Crippen LogP contribution in [0.1, 0.15) is 0 Å². The zero-order chi connectivity index (χ0) is 8.27. The molecule has 1 amide bonds. The van der Waals surface area contributed by atoms with Gasteiger partial charge in [-0.3, -0.25) is 4.79 Å². The van der Waals surface area contributed by atoms with E-state index in [1.165, 1.54) is 7.05 Å². The molecule has 5 heteroatoms. The van der Waals surface area contributed by atoms with Gasteiger partial charge in [0, 0.05) is 7.05 Å². The fourth-order valence-electron chi connectivity index (χ4n) is 0.844. The van der Waals surface area contributed by atoms with Crippen molar-refractivity contribution in [2.75, 3.05) is 20.3 Å². The smallest absolute Gasteiger partial charge is 0.269 e. The van der Waals surface area contributed by atoms with E-state index in [2.05, 4.69) is 15.3 Å². The number of nitrogens with one attached hydrogen (secondary N) is 1. The molecule has 0 saturated carbocycles. The average Bonchev–Trinajstić information content (AvgIpc) is 2.50. The number of hydrogen-bond acceptors (Lipinski definition) is 4. The first-order chi connectivity index (χ1) is 5.29. The second-order valence-corrected chi connectivity index (χ2v) is 2.23. The molecule has 0 bridgehead atoms. The average molecular weight is 158 g/mol. The number of rotatable bonds is 2. The predicted molar refractivity (Wildman–Crippen MR) is 38.0 cm³/mol. The van der Waals surface area contributed by atoms with Crippen molar-refractivity contribution in [1.82, 2.24) is 5.32 Å². The van der Waals surface area contributed by atoms with Gasteiger partial charge in [-0.05, 0) is 0 Å². The standard InChI is InChI=1S/C6H10N2O3/c1-7-6(10)5-4(2-9)3-11-8-5/h4,9H,2-3H2,1H3,(H,7,10). The highest BCUT2D eigenvalue weighted by Gasteiger charge is 2.27. The molecule has 1 unspecified atom stereocenters. The van der Waals surface area contributed by atoms with Gasteiger partial charge in [-0.25, -0.2) is 0 Å². The highest BCUT2D eigenvalue weighted by atomic mass is 16.6. The van der Waals surface area contributed by atoms with Crippen molar-refractivity contribution >= 4 is 11.6 Å². The summed E-state index contributed by atoms with van der Waals surface area (Å²) < 4.78 is 0. The molecule has 2 N–H and O–H groups in total. The Morgan fingerprint density at radius 3 is 3.27 bits per heavy atom. The molecule has 0 saturated heterocycles. The quantitative estimate of drug-likeness (QED) is 0.526. The molecule has 11 heavy (non-hydrogen) atoms. The molecule has 1 aliphatic rings. The fraction of sp³-hybridized carbons (Fsp3) is 0.667. The van der Waals surface area contributed by atoms with Crippen molar-refractivity contribution in [2.24, 2.45) is 11.1 Å². The number of amides is 1. The van der Waals surface area contributed by atoms with Crippen molar-refractivity contribution in [2.45, 2.75) is 0 Å². The molecule has 1 rings (SSSR count). The minimum Gasteiger partial charge on any atom is -0.396 e. The Kier molecular flexibility index (Phi) is 2.43. The van der Waals surface area contributed by atoms with Crippen molar-refractivity contribution in [1.29, 1.82) is 0 Å². The normalized spacial score (nSPS) is 22.4. The highest BCUT2D eigenvalue weighted by molar-refractivity contribution is 6.39. The second-order valence-electron chi connectivity index (χ2n) is 2.23. The number of aliphatic hydroxyl groups excluding tert-OH is 1. The Morgan fingerprint density at radius 2 is 2.73 bits per heavy atom. The van der Waals surface area contributed by atoms with Crippen LogP contribution in [0.2, 0.25) is 0 Å². The van der Waals surface area contributed by atoms with E-state index in [9.17, 15) is 4.79 Å². The van der Waals surface area contributed by atoms with E-state index < -0.39 is 0 Å². The lowest BCUT2D eigenvalue weighted by atomic mass is 10.1. The Balaban J connectivity index is 2.62. The summed E-state index contributed by atoms with van der Waals surface area (Å²) in [4.78, 5) is 15.6. The van der Waals surface area contributed by atoms with E-state index in [0.29, 0.717) is 6.61 Å². The van der Waals surface area contributed by atoms with E-state index in [-0.39, 0.29) is 24.1 Å². The molecular formula is C6H10N2O3. The molecule has 0 aromatic rings. The van der Waals surface area contributed by atoms with Crippen LogP contribution in [0.4, 0.5) is 0 Å². The molecule has 0 aliphatic carbocycles. The largest absolute Gasteiger partial charge is 0.396 e. The van der Waals surface area contributed by atoms with Crippen LogP contribution in [-0.2, 0) is 9.63 Å². The van der Waals surface area contributed by atoms with Crippen LogP contribution in [0.15, 0.2) is 5.16 Å². The zero-order valence-corrected chi connectivity index (χ0v) is 6.20. The molecule has 0 aromatic heterocycles. The third kappa shape index (κ3) is 1.48. The van der Waals surface area contributed by atoms with Crippen molar-refractivity contribution in [3.63, 3.8) is 0 Å². The van der Waals surface area contributed by atoms with Crippen LogP contribution in [0.25, 0.3) is 0 Å². The first kappa shape index (κ1) is 8.00. The molecule has 5 nitrogen and oxygen atoms in total. The summed E-state index contributed by atoms with van der Waals surface area (Å²) in [5, 5.41) is 14.7. The summed E-state index contributed by atoms with van der Waals surface area (Å²) in [7, 11) is 1.51. The Bertz CT molecular complexity index is 190. The van der Waals surface area contributed by atoms with Gasteiger partial charge in [0.25, 0.3) is 5.91 Å². The zero-order valence-electron chi connectivity index (χ0n) is 6.20. The monoisotopic (exact) mass is 158 g/mol. The summed E-state index contributed by atoms with van der Waals surface area (Å²) in [6.45, 7) is 0.186. The van der Waals surface area contributed by atoms with E-state index in [1.807, 2.05) is 0 Å². The number of carbonyl (C=O) groups excluding carboxylic acids is 1. The van der Waals surface area contributed by atoms with Gasteiger partial charge in [-0.15, -0.1) is 0 Å². The molecule has 1 heterocycles. The number of carbonyl (C=O) groups is 1. The summed E-state index contributed by atoms with van der Waals surface area (Å²) in [6.07, 6.45) is 0. The summed E-state index contributed by atoms with van der Waals surface area (Å²) >= 11 is 0. The number of oxime groups is 1. The van der Waals surface area contributed by atoms with Crippen LogP contribution in [0, 0.1) is 5.92 Å². The minimum atomic E-state index is -0.290. The van der Waals surface area contributed by atoms with E-state index in [0.717, 1.165) is 0 Å². The first-order valence-electron chi connectivity index (χ1n) is 3.32. The van der Waals surface area contributed by atoms with Gasteiger partial charge in [-0.2, -0.15) is 0 Å². The van der Waals surface area contributed by atoms with Crippen molar-refractivity contribution in [3.05, 3.63) is 0 Å². The van der Waals surface area contributed by atoms with Gasteiger partial charge in [0.2, 0.25) is 0 Å². The number of hydrogen-bond donors (Lipinski definition) is 2. The summed E-state index contributed by atoms with van der Waals surface area (Å²) in [6, 6.07) is 0.